The Balaban J connectivity index is 3.14. The average molecular weight is 193 g/mol. The minimum absolute atomic E-state index is 0.0189. The van der Waals surface area contributed by atoms with E-state index in [1.54, 1.807) is 0 Å². The third kappa shape index (κ3) is 2.30. The van der Waals surface area contributed by atoms with Crippen LogP contribution in [0.25, 0.3) is 0 Å². The molecule has 0 unspecified atom stereocenters. The first-order valence-corrected chi connectivity index (χ1v) is 3.96. The lowest BCUT2D eigenvalue weighted by Gasteiger charge is -2.01. The van der Waals surface area contributed by atoms with Crippen LogP contribution in [-0.4, -0.2) is 11.1 Å². The summed E-state index contributed by atoms with van der Waals surface area (Å²) in [7, 11) is 0. The van der Waals surface area contributed by atoms with E-state index in [0.717, 1.165) is 0 Å². The molecule has 0 aliphatic rings. The number of hydrogen-bond acceptors (Lipinski definition) is 2. The molecule has 72 valence electrons. The maximum absolute atomic E-state index is 12.3. The van der Waals surface area contributed by atoms with Gasteiger partial charge in [-0.3, -0.25) is 0 Å². The van der Waals surface area contributed by atoms with E-state index in [-0.39, 0.29) is 17.5 Å². The molecule has 3 nitrogen and oxygen atoms in total. The quantitative estimate of drug-likeness (QED) is 0.797. The molecule has 0 saturated carbocycles. The molecular weight excluding hydrogens is 185 g/mol. The highest BCUT2D eigenvalue weighted by molar-refractivity contribution is 5.88. The molecule has 0 fully saturated rings. The van der Waals surface area contributed by atoms with Crippen molar-refractivity contribution >= 4 is 5.97 Å². The fourth-order valence-electron chi connectivity index (χ4n) is 1.16. The number of carboxylic acids is 1. The topological polar surface area (TPSA) is 61.1 Å². The molecule has 1 aromatic rings. The fourth-order valence-corrected chi connectivity index (χ4v) is 1.16. The summed E-state index contributed by atoms with van der Waals surface area (Å²) in [6, 6.07) is 6.03. The zero-order valence-electron chi connectivity index (χ0n) is 7.33. The molecule has 0 aromatic heterocycles. The lowest BCUT2D eigenvalue weighted by atomic mass is 10.0. The van der Waals surface area contributed by atoms with Gasteiger partial charge in [0.1, 0.15) is 6.67 Å². The molecule has 4 heteroatoms. The highest BCUT2D eigenvalue weighted by Crippen LogP contribution is 2.12. The third-order valence-electron chi connectivity index (χ3n) is 1.74. The number of halogens is 1. The normalized spacial score (nSPS) is 9.43. The molecule has 0 atom stereocenters. The maximum atomic E-state index is 12.3. The van der Waals surface area contributed by atoms with Gasteiger partial charge in [-0.25, -0.2) is 9.18 Å². The molecule has 1 aromatic carbocycles. The molecule has 0 amide bonds. The fraction of sp³-hybridized carbons (Fsp3) is 0.200. The molecular formula is C10H8FNO2. The first-order chi connectivity index (χ1) is 6.67. The highest BCUT2D eigenvalue weighted by atomic mass is 19.1. The summed E-state index contributed by atoms with van der Waals surface area (Å²) in [5.74, 6) is -1.11. The van der Waals surface area contributed by atoms with Crippen LogP contribution in [0.1, 0.15) is 21.5 Å². The van der Waals surface area contributed by atoms with E-state index >= 15 is 0 Å². The number of alkyl halides is 1. The Kier molecular flexibility index (Phi) is 3.19. The number of nitriles is 1. The number of carboxylic acid groups (broad SMARTS) is 1. The van der Waals surface area contributed by atoms with E-state index in [1.807, 2.05) is 6.07 Å². The van der Waals surface area contributed by atoms with Crippen molar-refractivity contribution < 1.29 is 14.3 Å². The smallest absolute Gasteiger partial charge is 0.335 e. The summed E-state index contributed by atoms with van der Waals surface area (Å²) in [5, 5.41) is 17.1. The average Bonchev–Trinajstić information content (AvgIpc) is 2.17. The maximum Gasteiger partial charge on any atom is 0.335 e. The van der Waals surface area contributed by atoms with Crippen LogP contribution in [0.4, 0.5) is 4.39 Å². The van der Waals surface area contributed by atoms with Crippen molar-refractivity contribution in [1.82, 2.24) is 0 Å². The summed E-state index contributed by atoms with van der Waals surface area (Å²) >= 11 is 0. The number of aromatic carboxylic acids is 1. The van der Waals surface area contributed by atoms with Gasteiger partial charge in [-0.1, -0.05) is 6.07 Å². The van der Waals surface area contributed by atoms with Gasteiger partial charge in [-0.05, 0) is 23.3 Å². The Bertz CT molecular complexity index is 396. The number of nitrogens with zero attached hydrogens (tertiary/aromatic N) is 1. The van der Waals surface area contributed by atoms with Crippen molar-refractivity contribution in [2.75, 3.05) is 0 Å². The summed E-state index contributed by atoms with van der Waals surface area (Å²) in [6.45, 7) is -0.723. The highest BCUT2D eigenvalue weighted by Gasteiger charge is 2.06. The lowest BCUT2D eigenvalue weighted by molar-refractivity contribution is 0.0696. The van der Waals surface area contributed by atoms with Gasteiger partial charge in [0.05, 0.1) is 18.1 Å². The predicted molar refractivity (Wildman–Crippen MR) is 47.5 cm³/mol. The Morgan fingerprint density at radius 1 is 1.43 bits per heavy atom. The van der Waals surface area contributed by atoms with E-state index in [9.17, 15) is 9.18 Å². The summed E-state index contributed by atoms with van der Waals surface area (Å²) in [5.41, 5.74) is 0.834. The van der Waals surface area contributed by atoms with Crippen LogP contribution in [0, 0.1) is 11.3 Å². The summed E-state index contributed by atoms with van der Waals surface area (Å²) < 4.78 is 12.3. The molecule has 0 bridgehead atoms. The van der Waals surface area contributed by atoms with Gasteiger partial charge in [-0.15, -0.1) is 0 Å². The zero-order chi connectivity index (χ0) is 10.6. The van der Waals surface area contributed by atoms with Crippen molar-refractivity contribution in [2.24, 2.45) is 0 Å². The molecule has 0 heterocycles. The van der Waals surface area contributed by atoms with Gasteiger partial charge in [0.25, 0.3) is 0 Å². The van der Waals surface area contributed by atoms with Crippen molar-refractivity contribution in [3.05, 3.63) is 34.9 Å². The van der Waals surface area contributed by atoms with Gasteiger partial charge >= 0.3 is 5.97 Å². The van der Waals surface area contributed by atoms with Gasteiger partial charge in [-0.2, -0.15) is 5.26 Å². The van der Waals surface area contributed by atoms with Crippen molar-refractivity contribution in [1.29, 1.82) is 5.26 Å². The van der Waals surface area contributed by atoms with Crippen LogP contribution in [0.3, 0.4) is 0 Å². The molecule has 0 saturated heterocycles. The first kappa shape index (κ1) is 10.2. The second-order valence-corrected chi connectivity index (χ2v) is 2.81. The molecule has 0 aliphatic carbocycles. The summed E-state index contributed by atoms with van der Waals surface area (Å²) in [6.07, 6.45) is 0.0914. The van der Waals surface area contributed by atoms with Crippen LogP contribution in [0.5, 0.6) is 0 Å². The summed E-state index contributed by atoms with van der Waals surface area (Å²) in [4.78, 5) is 10.6. The minimum Gasteiger partial charge on any atom is -0.478 e. The number of carbonyl (C=O) groups is 1. The van der Waals surface area contributed by atoms with Crippen molar-refractivity contribution in [3.8, 4) is 6.07 Å². The van der Waals surface area contributed by atoms with Gasteiger partial charge in [0.2, 0.25) is 0 Å². The second kappa shape index (κ2) is 4.38. The van der Waals surface area contributed by atoms with Crippen molar-refractivity contribution in [2.45, 2.75) is 13.1 Å². The molecule has 0 spiro atoms. The number of benzene rings is 1. The van der Waals surface area contributed by atoms with Crippen LogP contribution in [0.15, 0.2) is 18.2 Å². The molecule has 14 heavy (non-hydrogen) atoms. The molecule has 1 N–H and O–H groups in total. The van der Waals surface area contributed by atoms with Gasteiger partial charge in [0.15, 0.2) is 0 Å². The number of hydrogen-bond donors (Lipinski definition) is 1. The Hall–Kier alpha value is -1.89. The van der Waals surface area contributed by atoms with Crippen LogP contribution in [-0.2, 0) is 13.1 Å². The zero-order valence-corrected chi connectivity index (χ0v) is 7.33. The van der Waals surface area contributed by atoms with Gasteiger partial charge < -0.3 is 5.11 Å². The Morgan fingerprint density at radius 2 is 2.07 bits per heavy atom. The van der Waals surface area contributed by atoms with E-state index in [2.05, 4.69) is 0 Å². The van der Waals surface area contributed by atoms with E-state index < -0.39 is 12.6 Å². The van der Waals surface area contributed by atoms with Crippen molar-refractivity contribution in [3.63, 3.8) is 0 Å². The van der Waals surface area contributed by atoms with Crippen LogP contribution >= 0.6 is 0 Å². The molecule has 1 rings (SSSR count). The Morgan fingerprint density at radius 3 is 2.57 bits per heavy atom. The van der Waals surface area contributed by atoms with E-state index in [4.69, 9.17) is 10.4 Å². The van der Waals surface area contributed by atoms with E-state index in [0.29, 0.717) is 5.56 Å². The lowest BCUT2D eigenvalue weighted by Crippen LogP contribution is -1.99. The molecule has 0 aliphatic heterocycles. The third-order valence-corrected chi connectivity index (χ3v) is 1.74. The largest absolute Gasteiger partial charge is 0.478 e. The minimum atomic E-state index is -1.11. The van der Waals surface area contributed by atoms with Crippen LogP contribution in [0.2, 0.25) is 0 Å². The molecule has 0 radical (unpaired) electrons. The number of rotatable bonds is 3. The monoisotopic (exact) mass is 193 g/mol. The van der Waals surface area contributed by atoms with Crippen LogP contribution < -0.4 is 0 Å². The second-order valence-electron chi connectivity index (χ2n) is 2.81. The van der Waals surface area contributed by atoms with E-state index in [1.165, 1.54) is 18.2 Å². The Labute approximate surface area is 80.4 Å². The SMILES string of the molecule is N#CCc1cc(CF)cc(C(=O)O)c1. The first-order valence-electron chi connectivity index (χ1n) is 3.96. The van der Waals surface area contributed by atoms with Gasteiger partial charge in [0, 0.05) is 0 Å². The predicted octanol–water partition coefficient (Wildman–Crippen LogP) is 1.92. The standard InChI is InChI=1S/C10H8FNO2/c11-6-8-3-7(1-2-12)4-9(5-8)10(13)14/h3-5H,1,6H2,(H,13,14).